The van der Waals surface area contributed by atoms with Crippen LogP contribution in [0.25, 0.3) is 0 Å². The van der Waals surface area contributed by atoms with Gasteiger partial charge in [-0.25, -0.2) is 4.98 Å². The third-order valence-corrected chi connectivity index (χ3v) is 2.88. The maximum absolute atomic E-state index is 8.96. The Bertz CT molecular complexity index is 327. The fourth-order valence-electron chi connectivity index (χ4n) is 0.990. The van der Waals surface area contributed by atoms with Crippen molar-refractivity contribution in [2.45, 2.75) is 25.6 Å². The van der Waals surface area contributed by atoms with Gasteiger partial charge in [0.25, 0.3) is 0 Å². The van der Waals surface area contributed by atoms with E-state index in [4.69, 9.17) is 5.11 Å². The minimum Gasteiger partial charge on any atom is -0.390 e. The highest BCUT2D eigenvalue weighted by molar-refractivity contribution is 7.99. The predicted octanol–water partition coefficient (Wildman–Crippen LogP) is 1.97. The molecule has 0 saturated carbocycles. The molecule has 4 heteroatoms. The Kier molecular flexibility index (Phi) is 4.22. The summed E-state index contributed by atoms with van der Waals surface area (Å²) in [7, 11) is 1.92. The van der Waals surface area contributed by atoms with Crippen LogP contribution in [0, 0.1) is 0 Å². The number of aliphatic hydroxyl groups excluding tert-OH is 1. The summed E-state index contributed by atoms with van der Waals surface area (Å²) in [6, 6.07) is 0. The number of imidazole rings is 1. The largest absolute Gasteiger partial charge is 0.390 e. The van der Waals surface area contributed by atoms with Crippen LogP contribution in [-0.2, 0) is 13.7 Å². The van der Waals surface area contributed by atoms with Crippen LogP contribution in [0.4, 0.5) is 0 Å². The molecule has 0 amide bonds. The Labute approximate surface area is 88.9 Å². The van der Waals surface area contributed by atoms with Crippen LogP contribution in [0.3, 0.4) is 0 Å². The molecule has 0 spiro atoms. The molecule has 0 unspecified atom stereocenters. The number of allylic oxidation sites excluding steroid dienone is 1. The summed E-state index contributed by atoms with van der Waals surface area (Å²) in [5, 5.41) is 9.91. The fourth-order valence-corrected chi connectivity index (χ4v) is 1.99. The van der Waals surface area contributed by atoms with Gasteiger partial charge in [-0.1, -0.05) is 23.4 Å². The van der Waals surface area contributed by atoms with Crippen LogP contribution in [0.1, 0.15) is 19.5 Å². The summed E-state index contributed by atoms with van der Waals surface area (Å²) >= 11 is 1.68. The third kappa shape index (κ3) is 2.89. The molecule has 1 N–H and O–H groups in total. The molecule has 14 heavy (non-hydrogen) atoms. The highest BCUT2D eigenvalue weighted by atomic mass is 32.2. The molecule has 0 atom stereocenters. The topological polar surface area (TPSA) is 38.1 Å². The summed E-state index contributed by atoms with van der Waals surface area (Å²) in [5.74, 6) is 0.929. The molecule has 0 aliphatic rings. The first-order chi connectivity index (χ1) is 6.65. The van der Waals surface area contributed by atoms with Crippen LogP contribution >= 0.6 is 11.8 Å². The lowest BCUT2D eigenvalue weighted by Crippen LogP contribution is -1.97. The maximum Gasteiger partial charge on any atom is 0.168 e. The van der Waals surface area contributed by atoms with Gasteiger partial charge in [-0.3, -0.25) is 0 Å². The van der Waals surface area contributed by atoms with Crippen LogP contribution < -0.4 is 0 Å². The van der Waals surface area contributed by atoms with Crippen molar-refractivity contribution in [3.8, 4) is 0 Å². The fraction of sp³-hybridized carbons (Fsp3) is 0.500. The molecule has 0 aliphatic carbocycles. The SMILES string of the molecule is CC(C)=CCSc1ncc(CO)n1C. The summed E-state index contributed by atoms with van der Waals surface area (Å²) in [6.45, 7) is 4.21. The van der Waals surface area contributed by atoms with E-state index in [1.165, 1.54) is 5.57 Å². The molecule has 3 nitrogen and oxygen atoms in total. The van der Waals surface area contributed by atoms with Crippen LogP contribution in [0.15, 0.2) is 23.0 Å². The second kappa shape index (κ2) is 5.22. The van der Waals surface area contributed by atoms with Crippen LogP contribution in [0.5, 0.6) is 0 Å². The number of hydrogen-bond donors (Lipinski definition) is 1. The van der Waals surface area contributed by atoms with E-state index in [-0.39, 0.29) is 6.61 Å². The first kappa shape index (κ1) is 11.3. The smallest absolute Gasteiger partial charge is 0.168 e. The molecule has 1 aromatic heterocycles. The second-order valence-corrected chi connectivity index (χ2v) is 4.33. The van der Waals surface area contributed by atoms with Gasteiger partial charge < -0.3 is 9.67 Å². The van der Waals surface area contributed by atoms with Crippen molar-refractivity contribution in [1.82, 2.24) is 9.55 Å². The zero-order valence-electron chi connectivity index (χ0n) is 8.82. The van der Waals surface area contributed by atoms with Crippen molar-refractivity contribution in [2.24, 2.45) is 7.05 Å². The second-order valence-electron chi connectivity index (χ2n) is 3.34. The molecular formula is C10H16N2OS. The van der Waals surface area contributed by atoms with E-state index < -0.39 is 0 Å². The van der Waals surface area contributed by atoms with Crippen molar-refractivity contribution < 1.29 is 5.11 Å². The van der Waals surface area contributed by atoms with E-state index in [0.717, 1.165) is 16.6 Å². The molecule has 78 valence electrons. The van der Waals surface area contributed by atoms with Crippen molar-refractivity contribution in [3.63, 3.8) is 0 Å². The number of aromatic nitrogens is 2. The number of aliphatic hydroxyl groups is 1. The monoisotopic (exact) mass is 212 g/mol. The van der Waals surface area contributed by atoms with Crippen molar-refractivity contribution in [3.05, 3.63) is 23.5 Å². The zero-order chi connectivity index (χ0) is 10.6. The molecule has 0 aliphatic heterocycles. The summed E-state index contributed by atoms with van der Waals surface area (Å²) in [5.41, 5.74) is 2.17. The lowest BCUT2D eigenvalue weighted by atomic mass is 10.3. The normalized spacial score (nSPS) is 10.3. The molecule has 0 bridgehead atoms. The van der Waals surface area contributed by atoms with E-state index in [1.54, 1.807) is 18.0 Å². The Morgan fingerprint density at radius 3 is 2.86 bits per heavy atom. The van der Waals surface area contributed by atoms with E-state index in [1.807, 2.05) is 11.6 Å². The standard InChI is InChI=1S/C10H16N2OS/c1-8(2)4-5-14-10-11-6-9(7-13)12(10)3/h4,6,13H,5,7H2,1-3H3. The van der Waals surface area contributed by atoms with E-state index in [0.29, 0.717) is 0 Å². The number of hydrogen-bond acceptors (Lipinski definition) is 3. The molecule has 1 aromatic rings. The van der Waals surface area contributed by atoms with E-state index in [2.05, 4.69) is 24.9 Å². The zero-order valence-corrected chi connectivity index (χ0v) is 9.64. The number of rotatable bonds is 4. The molecule has 0 saturated heterocycles. The van der Waals surface area contributed by atoms with E-state index >= 15 is 0 Å². The quantitative estimate of drug-likeness (QED) is 0.612. The molecule has 1 rings (SSSR count). The van der Waals surface area contributed by atoms with Gasteiger partial charge in [-0.05, 0) is 13.8 Å². The summed E-state index contributed by atoms with van der Waals surface area (Å²) < 4.78 is 1.92. The lowest BCUT2D eigenvalue weighted by Gasteiger charge is -2.01. The molecule has 0 radical (unpaired) electrons. The Morgan fingerprint density at radius 1 is 1.64 bits per heavy atom. The molecule has 1 heterocycles. The van der Waals surface area contributed by atoms with Gasteiger partial charge in [-0.2, -0.15) is 0 Å². The maximum atomic E-state index is 8.96. The molecule has 0 fully saturated rings. The average Bonchev–Trinajstić information content (AvgIpc) is 2.47. The predicted molar refractivity (Wildman–Crippen MR) is 59.3 cm³/mol. The van der Waals surface area contributed by atoms with Gasteiger partial charge in [0.15, 0.2) is 5.16 Å². The Balaban J connectivity index is 2.59. The molecule has 0 aromatic carbocycles. The average molecular weight is 212 g/mol. The van der Waals surface area contributed by atoms with Gasteiger partial charge in [0.1, 0.15) is 0 Å². The number of nitrogens with zero attached hydrogens (tertiary/aromatic N) is 2. The van der Waals surface area contributed by atoms with Gasteiger partial charge in [0.05, 0.1) is 18.5 Å². The minimum absolute atomic E-state index is 0.0483. The van der Waals surface area contributed by atoms with Crippen molar-refractivity contribution in [2.75, 3.05) is 5.75 Å². The van der Waals surface area contributed by atoms with Crippen molar-refractivity contribution >= 4 is 11.8 Å². The van der Waals surface area contributed by atoms with Crippen LogP contribution in [-0.4, -0.2) is 20.4 Å². The summed E-state index contributed by atoms with van der Waals surface area (Å²) in [6.07, 6.45) is 3.88. The lowest BCUT2D eigenvalue weighted by molar-refractivity contribution is 0.271. The van der Waals surface area contributed by atoms with Crippen molar-refractivity contribution in [1.29, 1.82) is 0 Å². The molecular weight excluding hydrogens is 196 g/mol. The third-order valence-electron chi connectivity index (χ3n) is 1.91. The van der Waals surface area contributed by atoms with E-state index in [9.17, 15) is 0 Å². The Morgan fingerprint density at radius 2 is 2.36 bits per heavy atom. The van der Waals surface area contributed by atoms with Gasteiger partial charge in [0, 0.05) is 12.8 Å². The first-order valence-electron chi connectivity index (χ1n) is 4.52. The van der Waals surface area contributed by atoms with Gasteiger partial charge in [0.2, 0.25) is 0 Å². The van der Waals surface area contributed by atoms with Crippen LogP contribution in [0.2, 0.25) is 0 Å². The van der Waals surface area contributed by atoms with Gasteiger partial charge >= 0.3 is 0 Å². The minimum atomic E-state index is 0.0483. The first-order valence-corrected chi connectivity index (χ1v) is 5.51. The highest BCUT2D eigenvalue weighted by Crippen LogP contribution is 2.17. The highest BCUT2D eigenvalue weighted by Gasteiger charge is 2.04. The summed E-state index contributed by atoms with van der Waals surface area (Å²) in [4.78, 5) is 4.22. The number of thioether (sulfide) groups is 1. The Hall–Kier alpha value is -0.740. The van der Waals surface area contributed by atoms with Gasteiger partial charge in [-0.15, -0.1) is 0 Å².